The fraction of sp³-hybridized carbons (Fsp3) is 0.500. The molecule has 5 nitrogen and oxygen atoms in total. The van der Waals surface area contributed by atoms with Crippen molar-refractivity contribution in [1.29, 1.82) is 5.26 Å². The second-order valence-corrected chi connectivity index (χ2v) is 7.35. The van der Waals surface area contributed by atoms with Gasteiger partial charge in [-0.1, -0.05) is 20.8 Å². The molecule has 0 saturated carbocycles. The average molecular weight is 296 g/mol. The number of methoxy groups -OCH3 is 1. The molecule has 1 atom stereocenters. The van der Waals surface area contributed by atoms with Crippen LogP contribution >= 0.6 is 0 Å². The van der Waals surface area contributed by atoms with Crippen LogP contribution in [0.5, 0.6) is 0 Å². The molecule has 20 heavy (non-hydrogen) atoms. The Kier molecular flexibility index (Phi) is 5.28. The predicted octanol–water partition coefficient (Wildman–Crippen LogP) is 1.90. The van der Waals surface area contributed by atoms with E-state index < -0.39 is 10.0 Å². The highest BCUT2D eigenvalue weighted by molar-refractivity contribution is 7.89. The summed E-state index contributed by atoms with van der Waals surface area (Å²) >= 11 is 0. The van der Waals surface area contributed by atoms with E-state index in [4.69, 9.17) is 10.00 Å². The third-order valence-electron chi connectivity index (χ3n) is 3.00. The lowest BCUT2D eigenvalue weighted by molar-refractivity contribution is 0.0212. The van der Waals surface area contributed by atoms with Crippen LogP contribution in [0.3, 0.4) is 0 Å². The average Bonchev–Trinajstić information content (AvgIpc) is 2.38. The van der Waals surface area contributed by atoms with Crippen molar-refractivity contribution in [2.75, 3.05) is 13.7 Å². The molecule has 0 saturated heterocycles. The summed E-state index contributed by atoms with van der Waals surface area (Å²) in [6.45, 7) is 6.15. The number of nitrogens with zero attached hydrogens (tertiary/aromatic N) is 1. The lowest BCUT2D eigenvalue weighted by Gasteiger charge is -2.29. The second kappa shape index (κ2) is 6.35. The number of ether oxygens (including phenoxy) is 1. The summed E-state index contributed by atoms with van der Waals surface area (Å²) in [6.07, 6.45) is -0.226. The van der Waals surface area contributed by atoms with Gasteiger partial charge in [0.2, 0.25) is 10.0 Å². The zero-order valence-corrected chi connectivity index (χ0v) is 13.0. The Balaban J connectivity index is 2.82. The third kappa shape index (κ3) is 4.30. The van der Waals surface area contributed by atoms with Crippen molar-refractivity contribution < 1.29 is 13.2 Å². The van der Waals surface area contributed by atoms with Crippen LogP contribution in [0.25, 0.3) is 0 Å². The molecule has 1 aromatic carbocycles. The molecule has 0 radical (unpaired) electrons. The van der Waals surface area contributed by atoms with Gasteiger partial charge in [0, 0.05) is 13.7 Å². The van der Waals surface area contributed by atoms with Crippen LogP contribution in [0.15, 0.2) is 29.2 Å². The van der Waals surface area contributed by atoms with Crippen LogP contribution in [-0.2, 0) is 14.8 Å². The zero-order chi connectivity index (χ0) is 15.4. The SMILES string of the molecule is COC(CNS(=O)(=O)c1ccc(C#N)cc1)C(C)(C)C. The van der Waals surface area contributed by atoms with Gasteiger partial charge in [-0.2, -0.15) is 5.26 Å². The zero-order valence-electron chi connectivity index (χ0n) is 12.2. The van der Waals surface area contributed by atoms with Gasteiger partial charge in [-0.15, -0.1) is 0 Å². The van der Waals surface area contributed by atoms with E-state index in [0.29, 0.717) is 5.56 Å². The lowest BCUT2D eigenvalue weighted by Crippen LogP contribution is -2.40. The summed E-state index contributed by atoms with van der Waals surface area (Å²) < 4.78 is 32.1. The molecule has 0 spiro atoms. The number of nitrogens with one attached hydrogen (secondary N) is 1. The Hall–Kier alpha value is -1.42. The van der Waals surface area contributed by atoms with Crippen LogP contribution in [0.2, 0.25) is 0 Å². The number of sulfonamides is 1. The maximum Gasteiger partial charge on any atom is 0.240 e. The molecule has 6 heteroatoms. The molecule has 0 bridgehead atoms. The van der Waals surface area contributed by atoms with Crippen molar-refractivity contribution >= 4 is 10.0 Å². The minimum Gasteiger partial charge on any atom is -0.380 e. The van der Waals surface area contributed by atoms with Crippen LogP contribution in [-0.4, -0.2) is 28.2 Å². The molecule has 1 rings (SSSR count). The molecule has 1 unspecified atom stereocenters. The van der Waals surface area contributed by atoms with E-state index >= 15 is 0 Å². The molecular formula is C14H20N2O3S. The minimum absolute atomic E-state index is 0.139. The molecule has 0 aliphatic heterocycles. The molecule has 1 aromatic rings. The molecule has 0 heterocycles. The van der Waals surface area contributed by atoms with Crippen molar-refractivity contribution in [1.82, 2.24) is 4.72 Å². The van der Waals surface area contributed by atoms with Gasteiger partial charge >= 0.3 is 0 Å². The van der Waals surface area contributed by atoms with Crippen LogP contribution in [0, 0.1) is 16.7 Å². The van der Waals surface area contributed by atoms with Crippen LogP contribution in [0.4, 0.5) is 0 Å². The number of rotatable bonds is 5. The largest absolute Gasteiger partial charge is 0.380 e. The van der Waals surface area contributed by atoms with E-state index in [1.165, 1.54) is 24.3 Å². The van der Waals surface area contributed by atoms with E-state index in [1.807, 2.05) is 26.8 Å². The Labute approximate surface area is 120 Å². The number of hydrogen-bond acceptors (Lipinski definition) is 4. The normalized spacial score (nSPS) is 13.8. The topological polar surface area (TPSA) is 79.2 Å². The highest BCUT2D eigenvalue weighted by Gasteiger charge is 2.26. The summed E-state index contributed by atoms with van der Waals surface area (Å²) in [5.41, 5.74) is 0.260. The van der Waals surface area contributed by atoms with Gasteiger partial charge in [0.25, 0.3) is 0 Å². The fourth-order valence-corrected chi connectivity index (χ4v) is 2.75. The first kappa shape index (κ1) is 16.6. The van der Waals surface area contributed by atoms with Crippen molar-refractivity contribution in [2.24, 2.45) is 5.41 Å². The maximum atomic E-state index is 12.1. The Bertz CT molecular complexity index is 580. The van der Waals surface area contributed by atoms with Crippen molar-refractivity contribution in [3.8, 4) is 6.07 Å². The fourth-order valence-electron chi connectivity index (χ4n) is 1.72. The van der Waals surface area contributed by atoms with Crippen molar-refractivity contribution in [3.05, 3.63) is 29.8 Å². The van der Waals surface area contributed by atoms with Gasteiger partial charge in [-0.25, -0.2) is 13.1 Å². The number of benzene rings is 1. The Morgan fingerprint density at radius 1 is 1.30 bits per heavy atom. The molecule has 0 amide bonds. The lowest BCUT2D eigenvalue weighted by atomic mass is 9.89. The van der Waals surface area contributed by atoms with E-state index in [-0.39, 0.29) is 23.0 Å². The van der Waals surface area contributed by atoms with Gasteiger partial charge in [-0.3, -0.25) is 0 Å². The summed E-state index contributed by atoms with van der Waals surface area (Å²) in [5.74, 6) is 0. The first-order chi connectivity index (χ1) is 9.20. The third-order valence-corrected chi connectivity index (χ3v) is 4.44. The summed E-state index contributed by atoms with van der Waals surface area (Å²) in [4.78, 5) is 0.139. The highest BCUT2D eigenvalue weighted by atomic mass is 32.2. The van der Waals surface area contributed by atoms with E-state index in [2.05, 4.69) is 4.72 Å². The van der Waals surface area contributed by atoms with Gasteiger partial charge in [0.1, 0.15) is 0 Å². The molecule has 0 aliphatic carbocycles. The van der Waals surface area contributed by atoms with Gasteiger partial charge < -0.3 is 4.74 Å². The van der Waals surface area contributed by atoms with E-state index in [0.717, 1.165) is 0 Å². The molecule has 0 fully saturated rings. The predicted molar refractivity (Wildman–Crippen MR) is 76.6 cm³/mol. The molecule has 1 N–H and O–H groups in total. The summed E-state index contributed by atoms with van der Waals surface area (Å²) in [5, 5.41) is 8.70. The monoisotopic (exact) mass is 296 g/mol. The summed E-state index contributed by atoms with van der Waals surface area (Å²) in [6, 6.07) is 7.74. The number of hydrogen-bond donors (Lipinski definition) is 1. The molecular weight excluding hydrogens is 276 g/mol. The van der Waals surface area contributed by atoms with Gasteiger partial charge in [0.15, 0.2) is 0 Å². The number of nitriles is 1. The quantitative estimate of drug-likeness (QED) is 0.900. The van der Waals surface area contributed by atoms with Gasteiger partial charge in [0.05, 0.1) is 22.6 Å². The molecule has 110 valence electrons. The minimum atomic E-state index is -3.59. The van der Waals surface area contributed by atoms with Crippen LogP contribution < -0.4 is 4.72 Å². The van der Waals surface area contributed by atoms with E-state index in [1.54, 1.807) is 7.11 Å². The van der Waals surface area contributed by atoms with E-state index in [9.17, 15) is 8.42 Å². The van der Waals surface area contributed by atoms with Crippen LogP contribution in [0.1, 0.15) is 26.3 Å². The van der Waals surface area contributed by atoms with Crippen molar-refractivity contribution in [2.45, 2.75) is 31.8 Å². The maximum absolute atomic E-state index is 12.1. The smallest absolute Gasteiger partial charge is 0.240 e. The van der Waals surface area contributed by atoms with Gasteiger partial charge in [-0.05, 0) is 29.7 Å². The second-order valence-electron chi connectivity index (χ2n) is 5.58. The molecule has 0 aliphatic rings. The first-order valence-corrected chi connectivity index (χ1v) is 7.71. The first-order valence-electron chi connectivity index (χ1n) is 6.23. The standard InChI is InChI=1S/C14H20N2O3S/c1-14(2,3)13(19-4)10-16-20(17,18)12-7-5-11(9-15)6-8-12/h5-8,13,16H,10H2,1-4H3. The Morgan fingerprint density at radius 2 is 1.85 bits per heavy atom. The van der Waals surface area contributed by atoms with Crippen molar-refractivity contribution in [3.63, 3.8) is 0 Å². The Morgan fingerprint density at radius 3 is 2.25 bits per heavy atom. The highest BCUT2D eigenvalue weighted by Crippen LogP contribution is 2.21. The summed E-state index contributed by atoms with van der Waals surface area (Å²) in [7, 11) is -2.03. The molecule has 0 aromatic heterocycles.